The summed E-state index contributed by atoms with van der Waals surface area (Å²) in [6.45, 7) is 11.5. The van der Waals surface area contributed by atoms with E-state index in [9.17, 15) is 4.79 Å². The molecule has 1 aromatic rings. The second kappa shape index (κ2) is 8.18. The van der Waals surface area contributed by atoms with Crippen LogP contribution in [0.4, 0.5) is 0 Å². The monoisotopic (exact) mass is 290 g/mol. The van der Waals surface area contributed by atoms with Crippen LogP contribution in [0, 0.1) is 5.41 Å². The van der Waals surface area contributed by atoms with Crippen LogP contribution in [0.15, 0.2) is 30.3 Å². The molecule has 0 aromatic heterocycles. The lowest BCUT2D eigenvalue weighted by atomic mass is 9.85. The molecule has 0 saturated heterocycles. The fraction of sp³-hybridized carbons (Fsp3) is 0.611. The van der Waals surface area contributed by atoms with Crippen LogP contribution in [-0.2, 0) is 4.79 Å². The number of hydrogen-bond donors (Lipinski definition) is 2. The first-order valence-corrected chi connectivity index (χ1v) is 7.85. The Labute approximate surface area is 129 Å². The van der Waals surface area contributed by atoms with Gasteiger partial charge < -0.3 is 10.6 Å². The lowest BCUT2D eigenvalue weighted by Gasteiger charge is -2.27. The Kier molecular flexibility index (Phi) is 6.90. The van der Waals surface area contributed by atoms with E-state index in [4.69, 9.17) is 0 Å². The second-order valence-electron chi connectivity index (χ2n) is 7.15. The van der Waals surface area contributed by atoms with Crippen molar-refractivity contribution in [3.8, 4) is 0 Å². The molecule has 1 amide bonds. The summed E-state index contributed by atoms with van der Waals surface area (Å²) in [5, 5.41) is 6.46. The minimum atomic E-state index is 0.0812. The van der Waals surface area contributed by atoms with Gasteiger partial charge in [0.2, 0.25) is 5.91 Å². The molecule has 2 N–H and O–H groups in total. The van der Waals surface area contributed by atoms with Crippen molar-refractivity contribution < 1.29 is 4.79 Å². The SMILES string of the molecule is CC(C)NCCC(=O)NC(CC(C)(C)C)c1ccccc1. The zero-order chi connectivity index (χ0) is 15.9. The first-order chi connectivity index (χ1) is 9.78. The Morgan fingerprint density at radius 2 is 1.76 bits per heavy atom. The minimum Gasteiger partial charge on any atom is -0.349 e. The van der Waals surface area contributed by atoms with E-state index in [-0.39, 0.29) is 17.4 Å². The number of rotatable bonds is 7. The van der Waals surface area contributed by atoms with Gasteiger partial charge >= 0.3 is 0 Å². The van der Waals surface area contributed by atoms with Crippen LogP contribution >= 0.6 is 0 Å². The zero-order valence-corrected chi connectivity index (χ0v) is 14.1. The number of carbonyl (C=O) groups is 1. The molecule has 0 aliphatic carbocycles. The number of amides is 1. The van der Waals surface area contributed by atoms with Crippen LogP contribution in [0.25, 0.3) is 0 Å². The van der Waals surface area contributed by atoms with E-state index in [2.05, 4.69) is 57.4 Å². The van der Waals surface area contributed by atoms with Gasteiger partial charge in [-0.1, -0.05) is 65.0 Å². The fourth-order valence-corrected chi connectivity index (χ4v) is 2.29. The summed E-state index contributed by atoms with van der Waals surface area (Å²) >= 11 is 0. The third kappa shape index (κ3) is 7.86. The summed E-state index contributed by atoms with van der Waals surface area (Å²) in [5.41, 5.74) is 1.35. The van der Waals surface area contributed by atoms with Crippen molar-refractivity contribution in [1.82, 2.24) is 10.6 Å². The van der Waals surface area contributed by atoms with Crippen molar-refractivity contribution in [2.24, 2.45) is 5.41 Å². The molecular weight excluding hydrogens is 260 g/mol. The Morgan fingerprint density at radius 3 is 2.29 bits per heavy atom. The molecule has 0 bridgehead atoms. The Bertz CT molecular complexity index is 421. The third-order valence-electron chi connectivity index (χ3n) is 3.26. The molecule has 21 heavy (non-hydrogen) atoms. The van der Waals surface area contributed by atoms with Gasteiger partial charge in [0, 0.05) is 19.0 Å². The highest BCUT2D eigenvalue weighted by molar-refractivity contribution is 5.76. The summed E-state index contributed by atoms with van der Waals surface area (Å²) in [4.78, 5) is 12.1. The van der Waals surface area contributed by atoms with Crippen LogP contribution in [0.3, 0.4) is 0 Å². The molecule has 1 atom stereocenters. The number of hydrogen-bond acceptors (Lipinski definition) is 2. The second-order valence-corrected chi connectivity index (χ2v) is 7.15. The van der Waals surface area contributed by atoms with Gasteiger partial charge in [-0.05, 0) is 17.4 Å². The highest BCUT2D eigenvalue weighted by atomic mass is 16.1. The Morgan fingerprint density at radius 1 is 1.14 bits per heavy atom. The number of carbonyl (C=O) groups excluding carboxylic acids is 1. The van der Waals surface area contributed by atoms with Crippen molar-refractivity contribution in [3.05, 3.63) is 35.9 Å². The Hall–Kier alpha value is -1.35. The number of benzene rings is 1. The fourth-order valence-electron chi connectivity index (χ4n) is 2.29. The predicted molar refractivity (Wildman–Crippen MR) is 89.2 cm³/mol. The molecule has 0 saturated carbocycles. The Balaban J connectivity index is 2.63. The third-order valence-corrected chi connectivity index (χ3v) is 3.26. The molecular formula is C18H30N2O. The van der Waals surface area contributed by atoms with E-state index in [1.165, 1.54) is 5.56 Å². The van der Waals surface area contributed by atoms with Crippen LogP contribution in [0.5, 0.6) is 0 Å². The summed E-state index contributed by atoms with van der Waals surface area (Å²) in [5.74, 6) is 0.112. The number of nitrogens with one attached hydrogen (secondary N) is 2. The lowest BCUT2D eigenvalue weighted by Crippen LogP contribution is -2.34. The van der Waals surface area contributed by atoms with Gasteiger partial charge in [-0.2, -0.15) is 0 Å². The molecule has 0 aliphatic heterocycles. The van der Waals surface area contributed by atoms with Gasteiger partial charge in [0.1, 0.15) is 0 Å². The van der Waals surface area contributed by atoms with E-state index in [1.807, 2.05) is 18.2 Å². The van der Waals surface area contributed by atoms with Gasteiger partial charge in [-0.3, -0.25) is 4.79 Å². The summed E-state index contributed by atoms with van der Waals surface area (Å²) in [7, 11) is 0. The molecule has 118 valence electrons. The van der Waals surface area contributed by atoms with Crippen LogP contribution in [-0.4, -0.2) is 18.5 Å². The molecule has 1 unspecified atom stereocenters. The van der Waals surface area contributed by atoms with Crippen LogP contribution < -0.4 is 10.6 Å². The van der Waals surface area contributed by atoms with E-state index in [0.29, 0.717) is 12.5 Å². The van der Waals surface area contributed by atoms with Crippen molar-refractivity contribution >= 4 is 5.91 Å². The average molecular weight is 290 g/mol. The van der Waals surface area contributed by atoms with Crippen LogP contribution in [0.1, 0.15) is 59.1 Å². The highest BCUT2D eigenvalue weighted by Crippen LogP contribution is 2.29. The van der Waals surface area contributed by atoms with Crippen molar-refractivity contribution in [3.63, 3.8) is 0 Å². The first-order valence-electron chi connectivity index (χ1n) is 7.85. The topological polar surface area (TPSA) is 41.1 Å². The molecule has 3 heteroatoms. The summed E-state index contributed by atoms with van der Waals surface area (Å²) < 4.78 is 0. The average Bonchev–Trinajstić information content (AvgIpc) is 2.37. The maximum absolute atomic E-state index is 12.1. The lowest BCUT2D eigenvalue weighted by molar-refractivity contribution is -0.121. The normalized spacial score (nSPS) is 13.2. The van der Waals surface area contributed by atoms with Crippen molar-refractivity contribution in [1.29, 1.82) is 0 Å². The quantitative estimate of drug-likeness (QED) is 0.804. The van der Waals surface area contributed by atoms with Gasteiger partial charge in [-0.15, -0.1) is 0 Å². The zero-order valence-electron chi connectivity index (χ0n) is 14.1. The van der Waals surface area contributed by atoms with Gasteiger partial charge in [0.05, 0.1) is 6.04 Å². The van der Waals surface area contributed by atoms with Crippen LogP contribution in [0.2, 0.25) is 0 Å². The van der Waals surface area contributed by atoms with Gasteiger partial charge in [0.25, 0.3) is 0 Å². The smallest absolute Gasteiger partial charge is 0.221 e. The molecule has 0 radical (unpaired) electrons. The standard InChI is InChI=1S/C18H30N2O/c1-14(2)19-12-11-17(21)20-16(13-18(3,4)5)15-9-7-6-8-10-15/h6-10,14,16,19H,11-13H2,1-5H3,(H,20,21). The molecule has 0 heterocycles. The molecule has 1 rings (SSSR count). The van der Waals surface area contributed by atoms with E-state index in [0.717, 1.165) is 13.0 Å². The van der Waals surface area contributed by atoms with Gasteiger partial charge in [-0.25, -0.2) is 0 Å². The maximum atomic E-state index is 12.1. The van der Waals surface area contributed by atoms with Gasteiger partial charge in [0.15, 0.2) is 0 Å². The van der Waals surface area contributed by atoms with E-state index in [1.54, 1.807) is 0 Å². The first kappa shape index (κ1) is 17.7. The molecule has 0 spiro atoms. The molecule has 0 aliphatic rings. The van der Waals surface area contributed by atoms with E-state index >= 15 is 0 Å². The minimum absolute atomic E-state index is 0.0812. The maximum Gasteiger partial charge on any atom is 0.221 e. The highest BCUT2D eigenvalue weighted by Gasteiger charge is 2.21. The predicted octanol–water partition coefficient (Wildman–Crippen LogP) is 3.67. The van der Waals surface area contributed by atoms with Crippen molar-refractivity contribution in [2.45, 2.75) is 59.5 Å². The largest absolute Gasteiger partial charge is 0.349 e. The molecule has 3 nitrogen and oxygen atoms in total. The summed E-state index contributed by atoms with van der Waals surface area (Å²) in [6, 6.07) is 10.7. The summed E-state index contributed by atoms with van der Waals surface area (Å²) in [6.07, 6.45) is 1.45. The van der Waals surface area contributed by atoms with Crippen molar-refractivity contribution in [2.75, 3.05) is 6.54 Å². The molecule has 1 aromatic carbocycles. The van der Waals surface area contributed by atoms with E-state index < -0.39 is 0 Å². The molecule has 0 fully saturated rings.